The summed E-state index contributed by atoms with van der Waals surface area (Å²) in [5, 5.41) is 0.314. The summed E-state index contributed by atoms with van der Waals surface area (Å²) in [6.07, 6.45) is 0. The summed E-state index contributed by atoms with van der Waals surface area (Å²) >= 11 is 1.12. The van der Waals surface area contributed by atoms with Gasteiger partial charge in [0, 0.05) is 16.4 Å². The summed E-state index contributed by atoms with van der Waals surface area (Å²) in [5.41, 5.74) is 0. The predicted octanol–water partition coefficient (Wildman–Crippen LogP) is 0.549. The molecular formula is C7H10ClN3O4S2. The highest BCUT2D eigenvalue weighted by molar-refractivity contribution is 8.14. The molecule has 0 N–H and O–H groups in total. The zero-order valence-corrected chi connectivity index (χ0v) is 11.5. The molecule has 0 aromatic carbocycles. The van der Waals surface area contributed by atoms with E-state index < -0.39 is 9.05 Å². The third kappa shape index (κ3) is 5.37. The van der Waals surface area contributed by atoms with E-state index in [1.807, 2.05) is 0 Å². The van der Waals surface area contributed by atoms with Crippen LogP contribution < -0.4 is 9.47 Å². The van der Waals surface area contributed by atoms with Gasteiger partial charge in [-0.05, 0) is 0 Å². The minimum absolute atomic E-state index is 0.105. The van der Waals surface area contributed by atoms with Crippen LogP contribution in [0.2, 0.25) is 0 Å². The number of hydrogen-bond acceptors (Lipinski definition) is 8. The summed E-state index contributed by atoms with van der Waals surface area (Å²) in [6.45, 7) is 0. The first-order valence-corrected chi connectivity index (χ1v) is 7.80. The van der Waals surface area contributed by atoms with Crippen LogP contribution in [0.3, 0.4) is 0 Å². The Morgan fingerprint density at radius 2 is 1.71 bits per heavy atom. The zero-order chi connectivity index (χ0) is 12.9. The summed E-state index contributed by atoms with van der Waals surface area (Å²) < 4.78 is 31.1. The van der Waals surface area contributed by atoms with Crippen molar-refractivity contribution < 1.29 is 17.9 Å². The second-order valence-electron chi connectivity index (χ2n) is 2.68. The van der Waals surface area contributed by atoms with Gasteiger partial charge in [-0.3, -0.25) is 0 Å². The van der Waals surface area contributed by atoms with Gasteiger partial charge in [-0.25, -0.2) is 8.42 Å². The van der Waals surface area contributed by atoms with E-state index in [1.54, 1.807) is 0 Å². The third-order valence-corrected chi connectivity index (χ3v) is 3.76. The van der Waals surface area contributed by atoms with Crippen LogP contribution in [0.1, 0.15) is 0 Å². The average Bonchev–Trinajstić information content (AvgIpc) is 2.26. The summed E-state index contributed by atoms with van der Waals surface area (Å²) in [6, 6.07) is 0.209. The molecule has 0 aliphatic rings. The molecule has 0 atom stereocenters. The molecule has 1 aromatic heterocycles. The van der Waals surface area contributed by atoms with E-state index in [4.69, 9.17) is 20.2 Å². The topological polar surface area (TPSA) is 91.3 Å². The normalized spacial score (nSPS) is 11.2. The Hall–Kier alpha value is -0.800. The number of aromatic nitrogens is 3. The molecule has 96 valence electrons. The first-order chi connectivity index (χ1) is 7.94. The Morgan fingerprint density at radius 3 is 2.12 bits per heavy atom. The number of rotatable bonds is 6. The van der Waals surface area contributed by atoms with Gasteiger partial charge >= 0.3 is 12.0 Å². The number of ether oxygens (including phenoxy) is 2. The Balaban J connectivity index is 2.70. The average molecular weight is 300 g/mol. The molecule has 7 nitrogen and oxygen atoms in total. The van der Waals surface area contributed by atoms with Crippen LogP contribution in [0.25, 0.3) is 0 Å². The van der Waals surface area contributed by atoms with Crippen molar-refractivity contribution in [2.24, 2.45) is 0 Å². The number of hydrogen-bond donors (Lipinski definition) is 0. The molecule has 0 aliphatic heterocycles. The van der Waals surface area contributed by atoms with Crippen molar-refractivity contribution in [3.05, 3.63) is 0 Å². The van der Waals surface area contributed by atoms with Gasteiger partial charge < -0.3 is 9.47 Å². The lowest BCUT2D eigenvalue weighted by Gasteiger charge is -2.03. The van der Waals surface area contributed by atoms with Crippen molar-refractivity contribution in [3.8, 4) is 12.0 Å². The molecule has 0 saturated carbocycles. The lowest BCUT2D eigenvalue weighted by molar-refractivity contribution is 0.332. The number of halogens is 1. The van der Waals surface area contributed by atoms with Crippen molar-refractivity contribution in [2.45, 2.75) is 5.16 Å². The third-order valence-electron chi connectivity index (χ3n) is 1.50. The van der Waals surface area contributed by atoms with Crippen LogP contribution in [0, 0.1) is 0 Å². The number of thioether (sulfide) groups is 1. The van der Waals surface area contributed by atoms with Crippen molar-refractivity contribution in [1.82, 2.24) is 15.0 Å². The van der Waals surface area contributed by atoms with Gasteiger partial charge in [0.15, 0.2) is 5.16 Å². The van der Waals surface area contributed by atoms with Gasteiger partial charge in [-0.15, -0.1) is 4.98 Å². The molecule has 0 saturated heterocycles. The standard InChI is InChI=1S/C7H10ClN3O4S2/c1-14-5-9-6(15-2)11-7(10-5)16-3-4-17(8,12)13/h3-4H2,1-2H3. The molecule has 1 aromatic rings. The van der Waals surface area contributed by atoms with Crippen molar-refractivity contribution in [1.29, 1.82) is 0 Å². The molecule has 0 radical (unpaired) electrons. The molecule has 17 heavy (non-hydrogen) atoms. The van der Waals surface area contributed by atoms with E-state index in [9.17, 15) is 8.42 Å². The maximum atomic E-state index is 10.7. The minimum Gasteiger partial charge on any atom is -0.467 e. The minimum atomic E-state index is -3.51. The second-order valence-corrected chi connectivity index (χ2v) is 6.64. The van der Waals surface area contributed by atoms with Gasteiger partial charge in [0.2, 0.25) is 9.05 Å². The fourth-order valence-corrected chi connectivity index (χ4v) is 2.96. The molecule has 0 aliphatic carbocycles. The fourth-order valence-electron chi connectivity index (χ4n) is 0.800. The Morgan fingerprint density at radius 1 is 1.18 bits per heavy atom. The first kappa shape index (κ1) is 14.3. The quantitative estimate of drug-likeness (QED) is 0.555. The van der Waals surface area contributed by atoms with Gasteiger partial charge in [0.25, 0.3) is 0 Å². The molecule has 0 fully saturated rings. The van der Waals surface area contributed by atoms with E-state index in [0.717, 1.165) is 11.8 Å². The fraction of sp³-hybridized carbons (Fsp3) is 0.571. The maximum absolute atomic E-state index is 10.7. The van der Waals surface area contributed by atoms with Crippen LogP contribution in [0.15, 0.2) is 5.16 Å². The van der Waals surface area contributed by atoms with Crippen molar-refractivity contribution in [3.63, 3.8) is 0 Å². The largest absolute Gasteiger partial charge is 0.467 e. The highest BCUT2D eigenvalue weighted by Crippen LogP contribution is 2.18. The van der Waals surface area contributed by atoms with Crippen LogP contribution in [-0.2, 0) is 9.05 Å². The van der Waals surface area contributed by atoms with E-state index in [-0.39, 0.29) is 23.5 Å². The van der Waals surface area contributed by atoms with E-state index in [0.29, 0.717) is 5.16 Å². The molecule has 0 spiro atoms. The van der Waals surface area contributed by atoms with Gasteiger partial charge in [-0.1, -0.05) is 11.8 Å². The lowest BCUT2D eigenvalue weighted by Crippen LogP contribution is -2.03. The molecule has 10 heteroatoms. The van der Waals surface area contributed by atoms with Crippen LogP contribution >= 0.6 is 22.4 Å². The smallest absolute Gasteiger partial charge is 0.323 e. The van der Waals surface area contributed by atoms with Gasteiger partial charge in [0.05, 0.1) is 20.0 Å². The zero-order valence-electron chi connectivity index (χ0n) is 9.08. The van der Waals surface area contributed by atoms with Crippen molar-refractivity contribution >= 4 is 31.5 Å². The monoisotopic (exact) mass is 299 g/mol. The second kappa shape index (κ2) is 6.22. The molecule has 1 rings (SSSR count). The van der Waals surface area contributed by atoms with Crippen molar-refractivity contribution in [2.75, 3.05) is 25.7 Å². The number of nitrogens with zero attached hydrogens (tertiary/aromatic N) is 3. The number of methoxy groups -OCH3 is 2. The SMILES string of the molecule is COc1nc(OC)nc(SCCS(=O)(=O)Cl)n1. The van der Waals surface area contributed by atoms with Gasteiger partial charge in [0.1, 0.15) is 0 Å². The summed E-state index contributed by atoms with van der Waals surface area (Å²) in [5.74, 6) is 0.0672. The molecule has 0 bridgehead atoms. The molecule has 1 heterocycles. The highest BCUT2D eigenvalue weighted by Gasteiger charge is 2.10. The Bertz CT molecular complexity index is 460. The van der Waals surface area contributed by atoms with Gasteiger partial charge in [-0.2, -0.15) is 9.97 Å². The molecular weight excluding hydrogens is 290 g/mol. The van der Waals surface area contributed by atoms with Crippen LogP contribution in [0.4, 0.5) is 0 Å². The van der Waals surface area contributed by atoms with E-state index in [1.165, 1.54) is 14.2 Å². The molecule has 0 unspecified atom stereocenters. The Kier molecular flexibility index (Phi) is 5.22. The van der Waals surface area contributed by atoms with E-state index in [2.05, 4.69) is 15.0 Å². The highest BCUT2D eigenvalue weighted by atomic mass is 35.7. The van der Waals surface area contributed by atoms with Crippen LogP contribution in [0.5, 0.6) is 12.0 Å². The van der Waals surface area contributed by atoms with E-state index >= 15 is 0 Å². The first-order valence-electron chi connectivity index (χ1n) is 4.34. The predicted molar refractivity (Wildman–Crippen MR) is 63.3 cm³/mol. The Labute approximate surface area is 107 Å². The molecule has 0 amide bonds. The summed E-state index contributed by atoms with van der Waals surface area (Å²) in [7, 11) is 4.38. The summed E-state index contributed by atoms with van der Waals surface area (Å²) in [4.78, 5) is 11.6. The van der Waals surface area contributed by atoms with Crippen LogP contribution in [-0.4, -0.2) is 49.1 Å². The maximum Gasteiger partial charge on any atom is 0.323 e. The lowest BCUT2D eigenvalue weighted by atomic mass is 10.9.